The van der Waals surface area contributed by atoms with E-state index in [1.165, 1.54) is 24.3 Å². The molecular formula is C14H11ClF2N2O3S. The minimum Gasteiger partial charge on any atom is -0.322 e. The van der Waals surface area contributed by atoms with E-state index in [-0.39, 0.29) is 15.6 Å². The van der Waals surface area contributed by atoms with Crippen LogP contribution in [0.5, 0.6) is 0 Å². The highest BCUT2D eigenvalue weighted by Crippen LogP contribution is 2.16. The lowest BCUT2D eigenvalue weighted by molar-refractivity contribution is -0.115. The molecule has 0 saturated carbocycles. The highest BCUT2D eigenvalue weighted by molar-refractivity contribution is 7.89. The second-order valence-corrected chi connectivity index (χ2v) is 6.66. The van der Waals surface area contributed by atoms with Crippen LogP contribution in [0.25, 0.3) is 0 Å². The first-order chi connectivity index (χ1) is 10.8. The number of sulfonamides is 1. The van der Waals surface area contributed by atoms with Crippen LogP contribution in [0, 0.1) is 11.6 Å². The Labute approximate surface area is 136 Å². The van der Waals surface area contributed by atoms with Crippen LogP contribution in [0.4, 0.5) is 14.5 Å². The number of amides is 1. The Hall–Kier alpha value is -2.03. The fraction of sp³-hybridized carbons (Fsp3) is 0.0714. The maximum absolute atomic E-state index is 13.4. The number of rotatable bonds is 5. The lowest BCUT2D eigenvalue weighted by Gasteiger charge is -2.09. The topological polar surface area (TPSA) is 75.3 Å². The third-order valence-electron chi connectivity index (χ3n) is 2.73. The zero-order valence-electron chi connectivity index (χ0n) is 11.5. The molecule has 122 valence electrons. The Morgan fingerprint density at radius 2 is 1.87 bits per heavy atom. The minimum atomic E-state index is -3.94. The van der Waals surface area contributed by atoms with Crippen LogP contribution >= 0.6 is 11.6 Å². The molecule has 5 nitrogen and oxygen atoms in total. The van der Waals surface area contributed by atoms with Crippen LogP contribution in [0.2, 0.25) is 5.02 Å². The summed E-state index contributed by atoms with van der Waals surface area (Å²) in [4.78, 5) is 11.6. The van der Waals surface area contributed by atoms with Crippen molar-refractivity contribution in [3.63, 3.8) is 0 Å². The van der Waals surface area contributed by atoms with Crippen LogP contribution in [0.3, 0.4) is 0 Å². The van der Waals surface area contributed by atoms with Crippen LogP contribution in [0.15, 0.2) is 47.4 Å². The van der Waals surface area contributed by atoms with Gasteiger partial charge in [-0.05, 0) is 30.3 Å². The standard InChI is InChI=1S/C14H11ClF2N2O3S/c15-9-2-1-3-11(6-9)23(21,22)18-8-14(20)19-13-5-4-10(16)7-12(13)17/h1-7,18H,8H2,(H,19,20). The van der Waals surface area contributed by atoms with Crippen LogP contribution in [-0.4, -0.2) is 20.9 Å². The molecule has 0 saturated heterocycles. The number of benzene rings is 2. The molecule has 0 radical (unpaired) electrons. The molecule has 9 heteroatoms. The summed E-state index contributed by atoms with van der Waals surface area (Å²) >= 11 is 5.71. The predicted octanol–water partition coefficient (Wildman–Crippen LogP) is 2.54. The van der Waals surface area contributed by atoms with Gasteiger partial charge in [-0.25, -0.2) is 21.9 Å². The van der Waals surface area contributed by atoms with Crippen LogP contribution in [-0.2, 0) is 14.8 Å². The van der Waals surface area contributed by atoms with E-state index in [0.29, 0.717) is 6.07 Å². The molecule has 0 aliphatic heterocycles. The molecule has 0 aliphatic rings. The van der Waals surface area contributed by atoms with Crippen molar-refractivity contribution >= 4 is 33.2 Å². The molecule has 2 N–H and O–H groups in total. The summed E-state index contributed by atoms with van der Waals surface area (Å²) < 4.78 is 52.2. The van der Waals surface area contributed by atoms with Crippen molar-refractivity contribution in [1.29, 1.82) is 0 Å². The van der Waals surface area contributed by atoms with Gasteiger partial charge in [0, 0.05) is 11.1 Å². The fourth-order valence-electron chi connectivity index (χ4n) is 1.66. The third-order valence-corrected chi connectivity index (χ3v) is 4.37. The summed E-state index contributed by atoms with van der Waals surface area (Å²) in [5.41, 5.74) is -0.252. The molecule has 0 bridgehead atoms. The van der Waals surface area contributed by atoms with Crippen molar-refractivity contribution in [2.24, 2.45) is 0 Å². The van der Waals surface area contributed by atoms with Crippen LogP contribution in [0.1, 0.15) is 0 Å². The van der Waals surface area contributed by atoms with Gasteiger partial charge in [0.2, 0.25) is 15.9 Å². The third kappa shape index (κ3) is 4.72. The van der Waals surface area contributed by atoms with E-state index in [1.54, 1.807) is 0 Å². The van der Waals surface area contributed by atoms with Crippen molar-refractivity contribution in [2.75, 3.05) is 11.9 Å². The number of hydrogen-bond acceptors (Lipinski definition) is 3. The van der Waals surface area contributed by atoms with E-state index in [9.17, 15) is 22.0 Å². The number of hydrogen-bond donors (Lipinski definition) is 2. The average molecular weight is 361 g/mol. The summed E-state index contributed by atoms with van der Waals surface area (Å²) in [6.45, 7) is -0.619. The SMILES string of the molecule is O=C(CNS(=O)(=O)c1cccc(Cl)c1)Nc1ccc(F)cc1F. The number of carbonyl (C=O) groups is 1. The molecule has 2 aromatic rings. The molecule has 0 spiro atoms. The van der Waals surface area contributed by atoms with E-state index in [2.05, 4.69) is 10.0 Å². The number of nitrogens with one attached hydrogen (secondary N) is 2. The molecule has 2 aromatic carbocycles. The van der Waals surface area contributed by atoms with Gasteiger partial charge in [0.15, 0.2) is 0 Å². The maximum Gasteiger partial charge on any atom is 0.241 e. The number of anilines is 1. The number of carbonyl (C=O) groups excluding carboxylic acids is 1. The van der Waals surface area contributed by atoms with E-state index < -0.39 is 34.1 Å². The summed E-state index contributed by atoms with van der Waals surface area (Å²) in [5, 5.41) is 2.37. The molecule has 0 heterocycles. The van der Waals surface area contributed by atoms with Crippen molar-refractivity contribution in [3.8, 4) is 0 Å². The molecule has 23 heavy (non-hydrogen) atoms. The highest BCUT2D eigenvalue weighted by atomic mass is 35.5. The summed E-state index contributed by atoms with van der Waals surface area (Å²) in [5.74, 6) is -2.56. The first-order valence-corrected chi connectivity index (χ1v) is 8.14. The van der Waals surface area contributed by atoms with E-state index in [0.717, 1.165) is 12.1 Å². The van der Waals surface area contributed by atoms with Gasteiger partial charge in [0.25, 0.3) is 0 Å². The lowest BCUT2D eigenvalue weighted by Crippen LogP contribution is -2.33. The van der Waals surface area contributed by atoms with Gasteiger partial charge in [0.1, 0.15) is 11.6 Å². The normalized spacial score (nSPS) is 11.3. The zero-order valence-corrected chi connectivity index (χ0v) is 13.1. The molecule has 1 amide bonds. The maximum atomic E-state index is 13.4. The second kappa shape index (κ2) is 7.03. The smallest absolute Gasteiger partial charge is 0.241 e. The molecule has 0 atom stereocenters. The van der Waals surface area contributed by atoms with Gasteiger partial charge >= 0.3 is 0 Å². The molecular weight excluding hydrogens is 350 g/mol. The Morgan fingerprint density at radius 3 is 2.52 bits per heavy atom. The van der Waals surface area contributed by atoms with Gasteiger partial charge in [-0.15, -0.1) is 0 Å². The minimum absolute atomic E-state index is 0.106. The molecule has 0 aromatic heterocycles. The van der Waals surface area contributed by atoms with Crippen molar-refractivity contribution in [3.05, 3.63) is 59.1 Å². The predicted molar refractivity (Wildman–Crippen MR) is 81.6 cm³/mol. The van der Waals surface area contributed by atoms with E-state index in [4.69, 9.17) is 11.6 Å². The molecule has 0 unspecified atom stereocenters. The van der Waals surface area contributed by atoms with E-state index in [1.807, 2.05) is 0 Å². The van der Waals surface area contributed by atoms with Gasteiger partial charge in [0.05, 0.1) is 17.1 Å². The Balaban J connectivity index is 2.01. The quantitative estimate of drug-likeness (QED) is 0.860. The Kier molecular flexibility index (Phi) is 5.30. The summed E-state index contributed by atoms with van der Waals surface area (Å²) in [6.07, 6.45) is 0. The Bertz CT molecular complexity index is 844. The second-order valence-electron chi connectivity index (χ2n) is 4.45. The fourth-order valence-corrected chi connectivity index (χ4v) is 2.95. The van der Waals surface area contributed by atoms with Gasteiger partial charge in [-0.1, -0.05) is 17.7 Å². The molecule has 0 aliphatic carbocycles. The monoisotopic (exact) mass is 360 g/mol. The molecule has 0 fully saturated rings. The largest absolute Gasteiger partial charge is 0.322 e. The average Bonchev–Trinajstić information content (AvgIpc) is 2.48. The zero-order chi connectivity index (χ0) is 17.0. The van der Waals surface area contributed by atoms with Crippen molar-refractivity contribution in [1.82, 2.24) is 4.72 Å². The van der Waals surface area contributed by atoms with Crippen molar-refractivity contribution in [2.45, 2.75) is 4.90 Å². The van der Waals surface area contributed by atoms with Gasteiger partial charge in [-0.3, -0.25) is 4.79 Å². The van der Waals surface area contributed by atoms with Crippen LogP contribution < -0.4 is 10.0 Å². The summed E-state index contributed by atoms with van der Waals surface area (Å²) in [7, 11) is -3.94. The summed E-state index contributed by atoms with van der Waals surface area (Å²) in [6, 6.07) is 8.09. The number of halogens is 3. The lowest BCUT2D eigenvalue weighted by atomic mass is 10.3. The van der Waals surface area contributed by atoms with Gasteiger partial charge in [-0.2, -0.15) is 0 Å². The molecule has 2 rings (SSSR count). The first-order valence-electron chi connectivity index (χ1n) is 6.28. The van der Waals surface area contributed by atoms with Crippen molar-refractivity contribution < 1.29 is 22.0 Å². The highest BCUT2D eigenvalue weighted by Gasteiger charge is 2.16. The van der Waals surface area contributed by atoms with Gasteiger partial charge < -0.3 is 5.32 Å². The van der Waals surface area contributed by atoms with E-state index >= 15 is 0 Å². The Morgan fingerprint density at radius 1 is 1.13 bits per heavy atom. The first kappa shape index (κ1) is 17.3.